The van der Waals surface area contributed by atoms with Crippen molar-refractivity contribution in [1.82, 2.24) is 4.98 Å². The number of carboxylic acids is 1. The van der Waals surface area contributed by atoms with E-state index < -0.39 is 5.97 Å². The van der Waals surface area contributed by atoms with Crippen LogP contribution in [0.25, 0.3) is 0 Å². The van der Waals surface area contributed by atoms with E-state index in [0.717, 1.165) is 0 Å². The van der Waals surface area contributed by atoms with Gasteiger partial charge in [0.2, 0.25) is 0 Å². The molecule has 0 saturated carbocycles. The topological polar surface area (TPSA) is 67.3 Å². The number of thioether (sulfide) groups is 1. The average Bonchev–Trinajstić information content (AvgIpc) is 2.28. The van der Waals surface area contributed by atoms with Crippen molar-refractivity contribution in [1.29, 1.82) is 0 Å². The average molecular weight is 249 g/mol. The Hall–Kier alpha value is -1.80. The lowest BCUT2D eigenvalue weighted by molar-refractivity contribution is -0.109. The first-order valence-electron chi connectivity index (χ1n) is 4.92. The van der Waals surface area contributed by atoms with Crippen molar-refractivity contribution < 1.29 is 14.7 Å². The quantitative estimate of drug-likeness (QED) is 0.653. The third kappa shape index (κ3) is 5.18. The molecule has 1 aromatic rings. The summed E-state index contributed by atoms with van der Waals surface area (Å²) in [5.74, 6) is 5.18. The van der Waals surface area contributed by atoms with Crippen LogP contribution in [-0.2, 0) is 4.79 Å². The summed E-state index contributed by atoms with van der Waals surface area (Å²) in [5, 5.41) is 8.80. The number of pyridine rings is 1. The Labute approximate surface area is 103 Å². The van der Waals surface area contributed by atoms with Gasteiger partial charge in [-0.1, -0.05) is 23.7 Å². The molecule has 0 unspecified atom stereocenters. The number of carboxylic acid groups (broad SMARTS) is 1. The molecule has 1 aromatic heterocycles. The Balaban J connectivity index is 2.56. The van der Waals surface area contributed by atoms with Crippen LogP contribution in [0.5, 0.6) is 0 Å². The van der Waals surface area contributed by atoms with Crippen molar-refractivity contribution in [2.75, 3.05) is 5.75 Å². The summed E-state index contributed by atoms with van der Waals surface area (Å²) in [7, 11) is 0. The fraction of sp³-hybridized carbons (Fsp3) is 0.250. The van der Waals surface area contributed by atoms with Crippen LogP contribution >= 0.6 is 11.8 Å². The molecule has 0 atom stereocenters. The minimum absolute atomic E-state index is 0.0186. The van der Waals surface area contributed by atoms with Crippen LogP contribution in [0.3, 0.4) is 0 Å². The van der Waals surface area contributed by atoms with Gasteiger partial charge in [-0.15, -0.1) is 0 Å². The van der Waals surface area contributed by atoms with Gasteiger partial charge in [-0.25, -0.2) is 9.78 Å². The Morgan fingerprint density at radius 2 is 2.24 bits per heavy atom. The monoisotopic (exact) mass is 249 g/mol. The second-order valence-corrected chi connectivity index (χ2v) is 4.38. The lowest BCUT2D eigenvalue weighted by Crippen LogP contribution is -2.00. The summed E-state index contributed by atoms with van der Waals surface area (Å²) in [6.07, 6.45) is 0.573. The van der Waals surface area contributed by atoms with E-state index in [0.29, 0.717) is 17.9 Å². The second-order valence-electron chi connectivity index (χ2n) is 3.11. The molecule has 0 aromatic carbocycles. The van der Waals surface area contributed by atoms with Crippen molar-refractivity contribution in [2.24, 2.45) is 0 Å². The number of aromatic nitrogens is 1. The van der Waals surface area contributed by atoms with Gasteiger partial charge in [0.05, 0.1) is 0 Å². The molecular weight excluding hydrogens is 238 g/mol. The van der Waals surface area contributed by atoms with E-state index >= 15 is 0 Å². The highest BCUT2D eigenvalue weighted by atomic mass is 32.2. The standard InChI is InChI=1S/C12H11NO3S/c1-9(14)17-8-3-2-5-10-6-4-7-11(13-10)12(15)16/h4,6-7H,3,8H2,1H3,(H,15,16). The number of aromatic carboxylic acids is 1. The van der Waals surface area contributed by atoms with Gasteiger partial charge in [-0.3, -0.25) is 4.79 Å². The van der Waals surface area contributed by atoms with Crippen molar-refractivity contribution >= 4 is 22.8 Å². The second kappa shape index (κ2) is 6.71. The van der Waals surface area contributed by atoms with Crippen LogP contribution in [0, 0.1) is 11.8 Å². The Kier molecular flexibility index (Phi) is 5.24. The number of rotatable bonds is 3. The fourth-order valence-electron chi connectivity index (χ4n) is 1.02. The number of hydrogen-bond acceptors (Lipinski definition) is 4. The maximum Gasteiger partial charge on any atom is 0.354 e. The molecule has 0 amide bonds. The van der Waals surface area contributed by atoms with Gasteiger partial charge in [-0.05, 0) is 18.1 Å². The number of carbonyl (C=O) groups is 2. The highest BCUT2D eigenvalue weighted by molar-refractivity contribution is 8.13. The molecule has 5 heteroatoms. The van der Waals surface area contributed by atoms with E-state index in [1.54, 1.807) is 12.1 Å². The largest absolute Gasteiger partial charge is 0.477 e. The minimum Gasteiger partial charge on any atom is -0.477 e. The lowest BCUT2D eigenvalue weighted by Gasteiger charge is -1.93. The van der Waals surface area contributed by atoms with Crippen molar-refractivity contribution in [2.45, 2.75) is 13.3 Å². The zero-order valence-electron chi connectivity index (χ0n) is 9.27. The van der Waals surface area contributed by atoms with Crippen LogP contribution in [0.1, 0.15) is 29.5 Å². The third-order valence-corrected chi connectivity index (χ3v) is 2.53. The molecule has 0 fully saturated rings. The molecular formula is C12H11NO3S. The van der Waals surface area contributed by atoms with Crippen LogP contribution in [0.4, 0.5) is 0 Å². The minimum atomic E-state index is -1.07. The van der Waals surface area contributed by atoms with Gasteiger partial charge in [0.15, 0.2) is 5.12 Å². The van der Waals surface area contributed by atoms with Crippen LogP contribution < -0.4 is 0 Å². The van der Waals surface area contributed by atoms with E-state index in [9.17, 15) is 9.59 Å². The number of carbonyl (C=O) groups excluding carboxylic acids is 1. The SMILES string of the molecule is CC(=O)SCCC#Cc1cccc(C(=O)O)n1. The summed E-state index contributed by atoms with van der Waals surface area (Å²) in [6.45, 7) is 1.51. The summed E-state index contributed by atoms with van der Waals surface area (Å²) in [6, 6.07) is 4.67. The van der Waals surface area contributed by atoms with Gasteiger partial charge in [0.25, 0.3) is 0 Å². The molecule has 1 rings (SSSR count). The number of nitrogens with zero attached hydrogens (tertiary/aromatic N) is 1. The molecule has 0 radical (unpaired) electrons. The predicted octanol–water partition coefficient (Wildman–Crippen LogP) is 1.80. The molecule has 0 saturated heterocycles. The summed E-state index contributed by atoms with van der Waals surface area (Å²) >= 11 is 1.22. The van der Waals surface area contributed by atoms with Crippen LogP contribution in [0.2, 0.25) is 0 Å². The van der Waals surface area contributed by atoms with E-state index in [2.05, 4.69) is 16.8 Å². The van der Waals surface area contributed by atoms with E-state index in [4.69, 9.17) is 5.11 Å². The smallest absolute Gasteiger partial charge is 0.354 e. The highest BCUT2D eigenvalue weighted by Crippen LogP contribution is 2.02. The van der Waals surface area contributed by atoms with Gasteiger partial charge in [-0.2, -0.15) is 0 Å². The molecule has 0 aliphatic carbocycles. The molecule has 0 bridgehead atoms. The first-order valence-corrected chi connectivity index (χ1v) is 5.91. The van der Waals surface area contributed by atoms with Crippen LogP contribution in [-0.4, -0.2) is 26.9 Å². The Morgan fingerprint density at radius 1 is 1.47 bits per heavy atom. The molecule has 0 aliphatic heterocycles. The van der Waals surface area contributed by atoms with Gasteiger partial charge >= 0.3 is 5.97 Å². The van der Waals surface area contributed by atoms with Gasteiger partial charge in [0, 0.05) is 19.1 Å². The molecule has 4 nitrogen and oxygen atoms in total. The van der Waals surface area contributed by atoms with Gasteiger partial charge in [0.1, 0.15) is 11.4 Å². The molecule has 1 heterocycles. The summed E-state index contributed by atoms with van der Waals surface area (Å²) < 4.78 is 0. The highest BCUT2D eigenvalue weighted by Gasteiger charge is 2.02. The zero-order valence-corrected chi connectivity index (χ0v) is 10.1. The molecule has 17 heavy (non-hydrogen) atoms. The lowest BCUT2D eigenvalue weighted by atomic mass is 10.3. The maximum absolute atomic E-state index is 10.7. The zero-order chi connectivity index (χ0) is 12.7. The van der Waals surface area contributed by atoms with E-state index in [-0.39, 0.29) is 10.8 Å². The Morgan fingerprint density at radius 3 is 2.88 bits per heavy atom. The van der Waals surface area contributed by atoms with Crippen molar-refractivity contribution in [3.63, 3.8) is 0 Å². The van der Waals surface area contributed by atoms with Crippen molar-refractivity contribution in [3.05, 3.63) is 29.6 Å². The number of hydrogen-bond donors (Lipinski definition) is 1. The summed E-state index contributed by atoms with van der Waals surface area (Å²) in [5.41, 5.74) is 0.410. The first kappa shape index (κ1) is 13.3. The normalized spacial score (nSPS) is 9.24. The molecule has 88 valence electrons. The van der Waals surface area contributed by atoms with Crippen molar-refractivity contribution in [3.8, 4) is 11.8 Å². The predicted molar refractivity (Wildman–Crippen MR) is 65.8 cm³/mol. The summed E-state index contributed by atoms with van der Waals surface area (Å²) in [4.78, 5) is 25.1. The van der Waals surface area contributed by atoms with E-state index in [1.807, 2.05) is 0 Å². The maximum atomic E-state index is 10.7. The third-order valence-electron chi connectivity index (χ3n) is 1.72. The molecule has 0 aliphatic rings. The fourth-order valence-corrected chi connectivity index (χ4v) is 1.51. The first-order chi connectivity index (χ1) is 8.09. The molecule has 1 N–H and O–H groups in total. The molecule has 0 spiro atoms. The van der Waals surface area contributed by atoms with Gasteiger partial charge < -0.3 is 5.11 Å². The Bertz CT molecular complexity index is 488. The van der Waals surface area contributed by atoms with E-state index in [1.165, 1.54) is 24.8 Å². The van der Waals surface area contributed by atoms with Crippen LogP contribution in [0.15, 0.2) is 18.2 Å².